The van der Waals surface area contributed by atoms with Crippen LogP contribution < -0.4 is 10.1 Å². The molecule has 6 heteroatoms. The fourth-order valence-electron chi connectivity index (χ4n) is 3.14. The molecule has 0 spiro atoms. The molecular weight excluding hydrogens is 298 g/mol. The molecule has 124 valence electrons. The van der Waals surface area contributed by atoms with Crippen molar-refractivity contribution < 1.29 is 23.7 Å². The molecule has 0 saturated carbocycles. The molecule has 1 saturated heterocycles. The zero-order chi connectivity index (χ0) is 16.2. The Kier molecular flexibility index (Phi) is 4.71. The van der Waals surface area contributed by atoms with Crippen LogP contribution in [0.25, 0.3) is 0 Å². The van der Waals surface area contributed by atoms with E-state index in [4.69, 9.17) is 18.9 Å². The summed E-state index contributed by atoms with van der Waals surface area (Å²) in [6, 6.07) is 7.58. The van der Waals surface area contributed by atoms with Crippen LogP contribution in [0.4, 0.5) is 0 Å². The van der Waals surface area contributed by atoms with Crippen LogP contribution in [0.15, 0.2) is 36.3 Å². The molecule has 2 aliphatic heterocycles. The summed E-state index contributed by atoms with van der Waals surface area (Å²) < 4.78 is 21.1. The lowest BCUT2D eigenvalue weighted by Gasteiger charge is -2.22. The normalized spacial score (nSPS) is 26.2. The number of rotatable bonds is 5. The van der Waals surface area contributed by atoms with Crippen LogP contribution in [0, 0.1) is 11.8 Å². The van der Waals surface area contributed by atoms with Gasteiger partial charge in [0.2, 0.25) is 6.79 Å². The maximum atomic E-state index is 12.5. The number of ether oxygens (including phenoxy) is 4. The van der Waals surface area contributed by atoms with Crippen molar-refractivity contribution in [2.24, 2.45) is 11.8 Å². The van der Waals surface area contributed by atoms with Gasteiger partial charge >= 0.3 is 5.97 Å². The lowest BCUT2D eigenvalue weighted by atomic mass is 9.86. The maximum absolute atomic E-state index is 12.5. The first-order valence-electron chi connectivity index (χ1n) is 7.73. The zero-order valence-electron chi connectivity index (χ0n) is 13.3. The summed E-state index contributed by atoms with van der Waals surface area (Å²) in [5, 5.41) is 3.41. The predicted molar refractivity (Wildman–Crippen MR) is 82.5 cm³/mol. The van der Waals surface area contributed by atoms with E-state index in [1.165, 1.54) is 0 Å². The Morgan fingerprint density at radius 1 is 1.35 bits per heavy atom. The first-order valence-corrected chi connectivity index (χ1v) is 7.73. The van der Waals surface area contributed by atoms with Gasteiger partial charge in [-0.25, -0.2) is 0 Å². The predicted octanol–water partition coefficient (Wildman–Crippen LogP) is 1.98. The van der Waals surface area contributed by atoms with Gasteiger partial charge in [0.25, 0.3) is 0 Å². The molecule has 3 rings (SSSR count). The quantitative estimate of drug-likeness (QED) is 0.837. The van der Waals surface area contributed by atoms with Crippen LogP contribution in [0.3, 0.4) is 0 Å². The van der Waals surface area contributed by atoms with Gasteiger partial charge in [-0.2, -0.15) is 0 Å². The topological polar surface area (TPSA) is 66.0 Å². The second kappa shape index (κ2) is 6.91. The van der Waals surface area contributed by atoms with Crippen LogP contribution in [0.2, 0.25) is 0 Å². The minimum absolute atomic E-state index is 0.0938. The highest BCUT2D eigenvalue weighted by Gasteiger charge is 2.45. The lowest BCUT2D eigenvalue weighted by Crippen LogP contribution is -2.29. The molecule has 0 aromatic heterocycles. The molecule has 0 aliphatic carbocycles. The summed E-state index contributed by atoms with van der Waals surface area (Å²) in [6.45, 7) is 3.00. The molecule has 1 aromatic rings. The molecule has 1 N–H and O–H groups in total. The van der Waals surface area contributed by atoms with Crippen molar-refractivity contribution in [3.05, 3.63) is 41.9 Å². The van der Waals surface area contributed by atoms with Gasteiger partial charge in [0.05, 0.1) is 19.6 Å². The van der Waals surface area contributed by atoms with E-state index in [0.29, 0.717) is 18.9 Å². The second-order valence-electron chi connectivity index (χ2n) is 5.49. The Hall–Kier alpha value is -2.21. The molecule has 1 fully saturated rings. The second-order valence-corrected chi connectivity index (χ2v) is 5.49. The summed E-state index contributed by atoms with van der Waals surface area (Å²) in [6.07, 6.45) is 1.59. The molecule has 23 heavy (non-hydrogen) atoms. The lowest BCUT2D eigenvalue weighted by molar-refractivity contribution is -0.149. The standard InChI is InChI=1S/C17H21NO5/c1-3-22-17(19)15-13(14-9-21-10-23-14)8-18-16(15)11-4-6-12(20-2)7-5-11/h4-7,9,13,15-16,18H,3,8,10H2,1-2H3. The Morgan fingerprint density at radius 2 is 2.13 bits per heavy atom. The van der Waals surface area contributed by atoms with Crippen LogP contribution in [0.1, 0.15) is 18.5 Å². The van der Waals surface area contributed by atoms with Crippen molar-refractivity contribution in [1.29, 1.82) is 0 Å². The summed E-state index contributed by atoms with van der Waals surface area (Å²) in [5.41, 5.74) is 1.02. The molecule has 2 heterocycles. The number of hydrogen-bond acceptors (Lipinski definition) is 6. The Bertz CT molecular complexity index is 583. The van der Waals surface area contributed by atoms with Crippen LogP contribution in [0.5, 0.6) is 5.75 Å². The fourth-order valence-corrected chi connectivity index (χ4v) is 3.14. The number of esters is 1. The average molecular weight is 319 g/mol. The SMILES string of the molecule is CCOC(=O)C1C(C2=COCO2)CNC1c1ccc(OC)cc1. The number of hydrogen-bond donors (Lipinski definition) is 1. The minimum atomic E-state index is -0.351. The molecule has 0 radical (unpaired) electrons. The van der Waals surface area contributed by atoms with Gasteiger partial charge < -0.3 is 24.3 Å². The van der Waals surface area contributed by atoms with Gasteiger partial charge in [-0.3, -0.25) is 4.79 Å². The largest absolute Gasteiger partial charge is 0.497 e. The monoisotopic (exact) mass is 319 g/mol. The molecule has 3 atom stereocenters. The molecule has 6 nitrogen and oxygen atoms in total. The number of nitrogens with one attached hydrogen (secondary N) is 1. The van der Waals surface area contributed by atoms with Crippen molar-refractivity contribution in [3.8, 4) is 5.75 Å². The van der Waals surface area contributed by atoms with Crippen molar-refractivity contribution in [2.75, 3.05) is 27.1 Å². The summed E-state index contributed by atoms with van der Waals surface area (Å²) in [4.78, 5) is 12.5. The Balaban J connectivity index is 1.86. The van der Waals surface area contributed by atoms with E-state index in [0.717, 1.165) is 11.3 Å². The van der Waals surface area contributed by atoms with E-state index in [1.807, 2.05) is 31.2 Å². The molecular formula is C17H21NO5. The van der Waals surface area contributed by atoms with Crippen molar-refractivity contribution in [2.45, 2.75) is 13.0 Å². The smallest absolute Gasteiger partial charge is 0.311 e. The van der Waals surface area contributed by atoms with Crippen LogP contribution in [-0.4, -0.2) is 33.0 Å². The van der Waals surface area contributed by atoms with E-state index in [1.54, 1.807) is 13.4 Å². The van der Waals surface area contributed by atoms with E-state index in [2.05, 4.69) is 5.32 Å². The van der Waals surface area contributed by atoms with Crippen molar-refractivity contribution in [1.82, 2.24) is 5.32 Å². The van der Waals surface area contributed by atoms with Gasteiger partial charge in [-0.05, 0) is 24.6 Å². The van der Waals surface area contributed by atoms with E-state index >= 15 is 0 Å². The van der Waals surface area contributed by atoms with E-state index in [9.17, 15) is 4.79 Å². The van der Waals surface area contributed by atoms with Crippen molar-refractivity contribution in [3.63, 3.8) is 0 Å². The van der Waals surface area contributed by atoms with E-state index in [-0.39, 0.29) is 30.6 Å². The van der Waals surface area contributed by atoms with Gasteiger partial charge in [0, 0.05) is 18.5 Å². The first kappa shape index (κ1) is 15.7. The zero-order valence-corrected chi connectivity index (χ0v) is 13.3. The summed E-state index contributed by atoms with van der Waals surface area (Å²) in [5.74, 6) is 0.817. The third-order valence-corrected chi connectivity index (χ3v) is 4.24. The molecule has 1 aromatic carbocycles. The Morgan fingerprint density at radius 3 is 2.74 bits per heavy atom. The minimum Gasteiger partial charge on any atom is -0.497 e. The molecule has 0 amide bonds. The molecule has 0 bridgehead atoms. The number of methoxy groups -OCH3 is 1. The van der Waals surface area contributed by atoms with Gasteiger partial charge in [-0.15, -0.1) is 0 Å². The number of benzene rings is 1. The fraction of sp³-hybridized carbons (Fsp3) is 0.471. The third-order valence-electron chi connectivity index (χ3n) is 4.24. The number of carbonyl (C=O) groups is 1. The summed E-state index contributed by atoms with van der Waals surface area (Å²) in [7, 11) is 1.63. The van der Waals surface area contributed by atoms with Crippen LogP contribution >= 0.6 is 0 Å². The van der Waals surface area contributed by atoms with Gasteiger partial charge in [0.1, 0.15) is 17.8 Å². The molecule has 3 unspecified atom stereocenters. The highest BCUT2D eigenvalue weighted by atomic mass is 16.7. The highest BCUT2D eigenvalue weighted by molar-refractivity contribution is 5.75. The molecule has 2 aliphatic rings. The van der Waals surface area contributed by atoms with Crippen LogP contribution in [-0.2, 0) is 19.0 Å². The number of carbonyl (C=O) groups excluding carboxylic acids is 1. The van der Waals surface area contributed by atoms with Gasteiger partial charge in [0.15, 0.2) is 0 Å². The van der Waals surface area contributed by atoms with E-state index < -0.39 is 0 Å². The first-order chi connectivity index (χ1) is 11.2. The Labute approximate surface area is 135 Å². The third kappa shape index (κ3) is 3.12. The van der Waals surface area contributed by atoms with Crippen molar-refractivity contribution >= 4 is 5.97 Å². The average Bonchev–Trinajstić information content (AvgIpc) is 3.24. The van der Waals surface area contributed by atoms with Gasteiger partial charge in [-0.1, -0.05) is 12.1 Å². The summed E-state index contributed by atoms with van der Waals surface area (Å²) >= 11 is 0. The highest BCUT2D eigenvalue weighted by Crippen LogP contribution is 2.40. The maximum Gasteiger partial charge on any atom is 0.311 e.